The van der Waals surface area contributed by atoms with Gasteiger partial charge in [0, 0.05) is 6.54 Å². The Morgan fingerprint density at radius 3 is 2.38 bits per heavy atom. The fourth-order valence-corrected chi connectivity index (χ4v) is 1.38. The first-order valence-electron chi connectivity index (χ1n) is 6.26. The van der Waals surface area contributed by atoms with Gasteiger partial charge in [-0.1, -0.05) is 13.8 Å². The maximum absolute atomic E-state index is 12.4. The molecule has 0 aromatic carbocycles. The van der Waals surface area contributed by atoms with Crippen LogP contribution in [-0.2, 0) is 6.18 Å². The summed E-state index contributed by atoms with van der Waals surface area (Å²) in [6.45, 7) is 4.88. The number of alkyl halides is 3. The van der Waals surface area contributed by atoms with E-state index < -0.39 is 34.5 Å². The molecule has 0 aliphatic rings. The predicted molar refractivity (Wildman–Crippen MR) is 69.9 cm³/mol. The number of H-pyrrole nitrogens is 1. The quantitative estimate of drug-likeness (QED) is 0.789. The Balaban J connectivity index is 2.88. The van der Waals surface area contributed by atoms with Gasteiger partial charge in [0.25, 0.3) is 11.5 Å². The van der Waals surface area contributed by atoms with Gasteiger partial charge in [-0.15, -0.1) is 0 Å². The van der Waals surface area contributed by atoms with Crippen LogP contribution in [0.2, 0.25) is 0 Å². The minimum absolute atomic E-state index is 0.121. The van der Waals surface area contributed by atoms with Crippen molar-refractivity contribution in [1.82, 2.24) is 10.3 Å². The molecule has 1 atom stereocenters. The predicted octanol–water partition coefficient (Wildman–Crippen LogP) is 1.53. The average molecular weight is 306 g/mol. The number of carbonyl (C=O) groups excluding carboxylic acids is 1. The Morgan fingerprint density at radius 1 is 1.38 bits per heavy atom. The molecular weight excluding hydrogens is 289 g/mol. The SMILES string of the molecule is CC(C)C(C)(O)CNC(=O)c1ccc(C(F)(F)F)[nH]c1=O. The molecule has 3 N–H and O–H groups in total. The second-order valence-electron chi connectivity index (χ2n) is 5.31. The zero-order valence-corrected chi connectivity index (χ0v) is 11.8. The van der Waals surface area contributed by atoms with Crippen LogP contribution in [0.15, 0.2) is 16.9 Å². The van der Waals surface area contributed by atoms with Crippen LogP contribution in [0.1, 0.15) is 36.8 Å². The highest BCUT2D eigenvalue weighted by atomic mass is 19.4. The molecule has 1 unspecified atom stereocenters. The van der Waals surface area contributed by atoms with Crippen LogP contribution < -0.4 is 10.9 Å². The van der Waals surface area contributed by atoms with E-state index in [1.165, 1.54) is 6.92 Å². The molecule has 0 aliphatic carbocycles. The van der Waals surface area contributed by atoms with Gasteiger partial charge in [-0.2, -0.15) is 13.2 Å². The molecule has 5 nitrogen and oxygen atoms in total. The summed E-state index contributed by atoms with van der Waals surface area (Å²) < 4.78 is 37.2. The molecule has 0 fully saturated rings. The van der Waals surface area contributed by atoms with Crippen molar-refractivity contribution in [3.8, 4) is 0 Å². The van der Waals surface area contributed by atoms with Gasteiger partial charge in [-0.3, -0.25) is 9.59 Å². The largest absolute Gasteiger partial charge is 0.431 e. The van der Waals surface area contributed by atoms with Crippen LogP contribution in [0.25, 0.3) is 0 Å². The van der Waals surface area contributed by atoms with E-state index in [0.717, 1.165) is 6.07 Å². The van der Waals surface area contributed by atoms with Crippen molar-refractivity contribution in [3.05, 3.63) is 33.7 Å². The van der Waals surface area contributed by atoms with Crippen LogP contribution in [0.3, 0.4) is 0 Å². The van der Waals surface area contributed by atoms with E-state index in [4.69, 9.17) is 0 Å². The average Bonchev–Trinajstić information content (AvgIpc) is 2.34. The molecule has 21 heavy (non-hydrogen) atoms. The van der Waals surface area contributed by atoms with Crippen LogP contribution in [0.4, 0.5) is 13.2 Å². The summed E-state index contributed by atoms with van der Waals surface area (Å²) in [6, 6.07) is 1.43. The number of hydrogen-bond acceptors (Lipinski definition) is 3. The summed E-state index contributed by atoms with van der Waals surface area (Å²) in [5.41, 5.74) is -3.98. The number of aromatic amines is 1. The Kier molecular flexibility index (Phi) is 4.83. The highest BCUT2D eigenvalue weighted by Crippen LogP contribution is 2.26. The molecule has 1 aromatic heterocycles. The molecule has 0 aliphatic heterocycles. The van der Waals surface area contributed by atoms with E-state index in [1.807, 2.05) is 0 Å². The van der Waals surface area contributed by atoms with Crippen molar-refractivity contribution in [2.24, 2.45) is 5.92 Å². The number of hydrogen-bond donors (Lipinski definition) is 3. The van der Waals surface area contributed by atoms with E-state index >= 15 is 0 Å². The lowest BCUT2D eigenvalue weighted by atomic mass is 9.92. The highest BCUT2D eigenvalue weighted by Gasteiger charge is 2.32. The molecule has 0 saturated carbocycles. The molecule has 8 heteroatoms. The summed E-state index contributed by atoms with van der Waals surface area (Å²) in [5, 5.41) is 12.3. The van der Waals surface area contributed by atoms with Crippen LogP contribution in [-0.4, -0.2) is 28.1 Å². The number of rotatable bonds is 4. The molecule has 0 spiro atoms. The maximum Gasteiger partial charge on any atom is 0.431 e. The second kappa shape index (κ2) is 5.88. The van der Waals surface area contributed by atoms with E-state index in [9.17, 15) is 27.9 Å². The zero-order chi connectivity index (χ0) is 16.4. The molecule has 1 heterocycles. The van der Waals surface area contributed by atoms with Crippen LogP contribution >= 0.6 is 0 Å². The van der Waals surface area contributed by atoms with Gasteiger partial charge in [0.1, 0.15) is 11.3 Å². The number of amides is 1. The smallest absolute Gasteiger partial charge is 0.388 e. The normalized spacial score (nSPS) is 14.9. The Bertz CT molecular complexity index is 577. The summed E-state index contributed by atoms with van der Waals surface area (Å²) >= 11 is 0. The summed E-state index contributed by atoms with van der Waals surface area (Å²) in [7, 11) is 0. The second-order valence-corrected chi connectivity index (χ2v) is 5.31. The van der Waals surface area contributed by atoms with Crippen molar-refractivity contribution in [2.75, 3.05) is 6.54 Å². The van der Waals surface area contributed by atoms with Gasteiger partial charge in [-0.25, -0.2) is 0 Å². The fourth-order valence-electron chi connectivity index (χ4n) is 1.38. The number of aliphatic hydroxyl groups is 1. The summed E-state index contributed by atoms with van der Waals surface area (Å²) in [5.74, 6) is -0.991. The van der Waals surface area contributed by atoms with Gasteiger partial charge in [-0.05, 0) is 25.0 Å². The van der Waals surface area contributed by atoms with Crippen molar-refractivity contribution in [3.63, 3.8) is 0 Å². The highest BCUT2D eigenvalue weighted by molar-refractivity contribution is 5.93. The lowest BCUT2D eigenvalue weighted by Gasteiger charge is -2.27. The lowest BCUT2D eigenvalue weighted by Crippen LogP contribution is -2.45. The first-order chi connectivity index (χ1) is 9.45. The fraction of sp³-hybridized carbons (Fsp3) is 0.538. The van der Waals surface area contributed by atoms with Crippen molar-refractivity contribution < 1.29 is 23.1 Å². The maximum atomic E-state index is 12.4. The van der Waals surface area contributed by atoms with Gasteiger partial charge >= 0.3 is 6.18 Å². The number of pyridine rings is 1. The first kappa shape index (κ1) is 17.2. The van der Waals surface area contributed by atoms with Crippen molar-refractivity contribution >= 4 is 5.91 Å². The first-order valence-corrected chi connectivity index (χ1v) is 6.26. The van der Waals surface area contributed by atoms with Crippen LogP contribution in [0, 0.1) is 5.92 Å². The monoisotopic (exact) mass is 306 g/mol. The Labute approximate surface area is 119 Å². The van der Waals surface area contributed by atoms with Crippen molar-refractivity contribution in [1.29, 1.82) is 0 Å². The third kappa shape index (κ3) is 4.32. The molecule has 1 amide bonds. The minimum Gasteiger partial charge on any atom is -0.388 e. The number of halogens is 3. The number of aromatic nitrogens is 1. The van der Waals surface area contributed by atoms with Gasteiger partial charge in [0.15, 0.2) is 0 Å². The molecule has 1 rings (SSSR count). The van der Waals surface area contributed by atoms with Gasteiger partial charge < -0.3 is 15.4 Å². The molecule has 0 radical (unpaired) electrons. The molecule has 1 aromatic rings. The molecular formula is C13H17F3N2O3. The third-order valence-corrected chi connectivity index (χ3v) is 3.31. The summed E-state index contributed by atoms with van der Waals surface area (Å²) in [6.07, 6.45) is -4.69. The number of carbonyl (C=O) groups is 1. The van der Waals surface area contributed by atoms with Crippen molar-refractivity contribution in [2.45, 2.75) is 32.5 Å². The molecule has 0 saturated heterocycles. The summed E-state index contributed by atoms with van der Waals surface area (Å²) in [4.78, 5) is 24.9. The van der Waals surface area contributed by atoms with Gasteiger partial charge in [0.05, 0.1) is 5.60 Å². The number of nitrogens with one attached hydrogen (secondary N) is 2. The van der Waals surface area contributed by atoms with E-state index in [0.29, 0.717) is 6.07 Å². The van der Waals surface area contributed by atoms with E-state index in [2.05, 4.69) is 5.32 Å². The zero-order valence-electron chi connectivity index (χ0n) is 11.8. The standard InChI is InChI=1S/C13H17F3N2O3/c1-7(2)12(3,21)6-17-10(19)8-4-5-9(13(14,15)16)18-11(8)20/h4-5,7,21H,6H2,1-3H3,(H,17,19)(H,18,20). The van der Waals surface area contributed by atoms with Crippen LogP contribution in [0.5, 0.6) is 0 Å². The minimum atomic E-state index is -4.69. The topological polar surface area (TPSA) is 82.2 Å². The third-order valence-electron chi connectivity index (χ3n) is 3.31. The van der Waals surface area contributed by atoms with E-state index in [-0.39, 0.29) is 12.5 Å². The molecule has 0 bridgehead atoms. The lowest BCUT2D eigenvalue weighted by molar-refractivity contribution is -0.141. The van der Waals surface area contributed by atoms with E-state index in [1.54, 1.807) is 18.8 Å². The Hall–Kier alpha value is -1.83. The van der Waals surface area contributed by atoms with Gasteiger partial charge in [0.2, 0.25) is 0 Å². The Morgan fingerprint density at radius 2 is 1.95 bits per heavy atom. The molecule has 118 valence electrons.